The molecule has 19 nitrogen and oxygen atoms in total. The van der Waals surface area contributed by atoms with E-state index in [9.17, 15) is 71.4 Å². The zero-order valence-corrected chi connectivity index (χ0v) is 27.9. The van der Waals surface area contributed by atoms with Gasteiger partial charge in [0.25, 0.3) is 0 Å². The van der Waals surface area contributed by atoms with Crippen LogP contribution in [0.3, 0.4) is 0 Å². The van der Waals surface area contributed by atoms with Crippen molar-refractivity contribution in [2.24, 2.45) is 0 Å². The quantitative estimate of drug-likeness (QED) is 0.0724. The van der Waals surface area contributed by atoms with Crippen LogP contribution >= 0.6 is 45.6 Å². The van der Waals surface area contributed by atoms with Gasteiger partial charge in [0.1, 0.15) is 5.39 Å². The van der Waals surface area contributed by atoms with Crippen molar-refractivity contribution in [2.45, 2.75) is 94.8 Å². The summed E-state index contributed by atoms with van der Waals surface area (Å²) in [7, 11) is -34.7. The first-order chi connectivity index (χ1) is 17.6. The van der Waals surface area contributed by atoms with Crippen LogP contribution in [0.5, 0.6) is 0 Å². The molecule has 25 heteroatoms. The van der Waals surface area contributed by atoms with Crippen LogP contribution in [0.25, 0.3) is 0 Å². The molecule has 0 spiro atoms. The number of rotatable bonds is 18. The summed E-state index contributed by atoms with van der Waals surface area (Å²) in [5.74, 6) is 0. The Morgan fingerprint density at radius 2 is 0.575 bits per heavy atom. The minimum absolute atomic E-state index is 0.796. The minimum atomic E-state index is -5.94. The van der Waals surface area contributed by atoms with Crippen molar-refractivity contribution in [1.29, 1.82) is 0 Å². The Labute approximate surface area is 231 Å². The maximum absolute atomic E-state index is 13.3. The second-order valence-electron chi connectivity index (χ2n) is 8.73. The van der Waals surface area contributed by atoms with Crippen LogP contribution in [-0.2, 0) is 41.3 Å². The number of nitrogens with zero attached hydrogens (tertiary/aromatic N) is 1. The summed E-state index contributed by atoms with van der Waals surface area (Å²) in [4.78, 5) is 82.2. The molecule has 0 saturated heterocycles. The Morgan fingerprint density at radius 1 is 0.425 bits per heavy atom. The van der Waals surface area contributed by atoms with Gasteiger partial charge in [-0.05, 0) is 38.5 Å². The highest BCUT2D eigenvalue weighted by molar-refractivity contribution is 7.74. The van der Waals surface area contributed by atoms with Gasteiger partial charge >= 0.3 is 45.6 Å². The van der Waals surface area contributed by atoms with Crippen molar-refractivity contribution in [1.82, 2.24) is 5.39 Å². The predicted molar refractivity (Wildman–Crippen MR) is 141 cm³/mol. The second-order valence-corrected chi connectivity index (χ2v) is 21.8. The fourth-order valence-corrected chi connectivity index (χ4v) is 14.7. The second kappa shape index (κ2) is 13.5. The van der Waals surface area contributed by atoms with Gasteiger partial charge in [0.05, 0.1) is 0 Å². The summed E-state index contributed by atoms with van der Waals surface area (Å²) >= 11 is 0. The molecule has 0 radical (unpaired) electrons. The Balaban J connectivity index is 7.39. The summed E-state index contributed by atoms with van der Waals surface area (Å²) in [6.45, 7) is 6.30. The summed E-state index contributed by atoms with van der Waals surface area (Å²) in [6.07, 6.45) is -4.78. The SMILES string of the molecule is CCC(CC)(P(=O)(O)O)P(=O)(O)ON(OP(=O)(O)C(CC)(CC)P(=O)(O)O)OP(=O)(O)C(CC)(CC)P(=O)(O)O. The third-order valence-electron chi connectivity index (χ3n) is 7.13. The number of hydrogen-bond acceptors (Lipinski definition) is 10. The van der Waals surface area contributed by atoms with E-state index in [0.717, 1.165) is 41.5 Å². The Hall–Kier alpha value is 0.860. The van der Waals surface area contributed by atoms with Gasteiger partial charge in [-0.3, -0.25) is 27.4 Å². The van der Waals surface area contributed by atoms with Crippen molar-refractivity contribution in [2.75, 3.05) is 0 Å². The maximum Gasteiger partial charge on any atom is 0.366 e. The summed E-state index contributed by atoms with van der Waals surface area (Å²) in [6, 6.07) is 0. The standard InChI is InChI=1S/C15H39NO18P6/c1-7-13(8-2,35(17,18)19)38(26,27)32-16(33-39(28,29)14(9-3,10-4)36(20,21)22)34-40(30,31)15(11-5,12-6)37(23,24)25/h7-12H2,1-6H3,(H,26,27)(H,28,29)(H,30,31)(H2,17,18,19)(H2,20,21,22)(H2,23,24,25). The fourth-order valence-electron chi connectivity index (χ4n) is 4.22. The Bertz CT molecular complexity index is 1020. The Kier molecular flexibility index (Phi) is 13.8. The average molecular weight is 707 g/mol. The van der Waals surface area contributed by atoms with Crippen LogP contribution in [0.15, 0.2) is 0 Å². The molecule has 3 atom stereocenters. The molecule has 9 N–H and O–H groups in total. The first-order valence-corrected chi connectivity index (χ1v) is 21.3. The molecule has 0 aliphatic carbocycles. The van der Waals surface area contributed by atoms with E-state index < -0.39 is 104 Å². The van der Waals surface area contributed by atoms with E-state index in [1.165, 1.54) is 0 Å². The number of hydrogen-bond donors (Lipinski definition) is 9. The van der Waals surface area contributed by atoms with Gasteiger partial charge in [-0.2, -0.15) is 13.9 Å². The van der Waals surface area contributed by atoms with Crippen molar-refractivity contribution in [3.8, 4) is 0 Å². The van der Waals surface area contributed by atoms with Gasteiger partial charge in [0.15, 0.2) is 14.7 Å². The topological polar surface area (TPSA) is 315 Å². The van der Waals surface area contributed by atoms with E-state index in [1.54, 1.807) is 0 Å². The molecule has 40 heavy (non-hydrogen) atoms. The van der Waals surface area contributed by atoms with E-state index in [4.69, 9.17) is 0 Å². The molecule has 0 aliphatic heterocycles. The van der Waals surface area contributed by atoms with Gasteiger partial charge in [0, 0.05) is 0 Å². The van der Waals surface area contributed by atoms with E-state index in [0.29, 0.717) is 0 Å². The summed E-state index contributed by atoms with van der Waals surface area (Å²) in [5.41, 5.74) is 0. The lowest BCUT2D eigenvalue weighted by Crippen LogP contribution is -2.37. The normalized spacial score (nSPS) is 19.2. The van der Waals surface area contributed by atoms with Crippen molar-refractivity contribution in [3.63, 3.8) is 0 Å². The molecular formula is C15H39NO18P6. The van der Waals surface area contributed by atoms with Crippen LogP contribution in [-0.4, -0.2) is 64.1 Å². The highest BCUT2D eigenvalue weighted by Gasteiger charge is 2.66. The van der Waals surface area contributed by atoms with Crippen molar-refractivity contribution < 1.29 is 85.3 Å². The lowest BCUT2D eigenvalue weighted by Gasteiger charge is -2.40. The van der Waals surface area contributed by atoms with Gasteiger partial charge in [-0.25, -0.2) is 0 Å². The Morgan fingerprint density at radius 3 is 0.675 bits per heavy atom. The molecule has 3 unspecified atom stereocenters. The molecule has 0 bridgehead atoms. The molecular weight excluding hydrogens is 668 g/mol. The highest BCUT2D eigenvalue weighted by atomic mass is 31.3. The van der Waals surface area contributed by atoms with Crippen LogP contribution in [0.2, 0.25) is 0 Å². The van der Waals surface area contributed by atoms with Gasteiger partial charge < -0.3 is 44.0 Å². The average Bonchev–Trinajstić information content (AvgIpc) is 2.72. The van der Waals surface area contributed by atoms with Crippen molar-refractivity contribution >= 4 is 45.6 Å². The zero-order valence-electron chi connectivity index (χ0n) is 22.6. The van der Waals surface area contributed by atoms with Crippen molar-refractivity contribution in [3.05, 3.63) is 0 Å². The molecule has 0 rings (SSSR count). The predicted octanol–water partition coefficient (Wildman–Crippen LogP) is 3.72. The molecule has 0 aromatic heterocycles. The summed E-state index contributed by atoms with van der Waals surface area (Å²) < 4.78 is 90.2. The molecule has 242 valence electrons. The van der Waals surface area contributed by atoms with E-state index in [1.807, 2.05) is 0 Å². The van der Waals surface area contributed by atoms with E-state index >= 15 is 0 Å². The molecule has 0 aliphatic rings. The molecule has 0 aromatic rings. The third kappa shape index (κ3) is 7.22. The maximum atomic E-state index is 13.3. The van der Waals surface area contributed by atoms with Gasteiger partial charge in [-0.1, -0.05) is 41.5 Å². The van der Waals surface area contributed by atoms with Gasteiger partial charge in [0.2, 0.25) is 0 Å². The van der Waals surface area contributed by atoms with Crippen LogP contribution < -0.4 is 0 Å². The highest BCUT2D eigenvalue weighted by Crippen LogP contribution is 2.79. The third-order valence-corrected chi connectivity index (χ3v) is 23.0. The van der Waals surface area contributed by atoms with Crippen LogP contribution in [0, 0.1) is 0 Å². The minimum Gasteiger partial charge on any atom is -0.324 e. The molecule has 0 heterocycles. The fraction of sp³-hybridized carbons (Fsp3) is 1.00. The zero-order chi connectivity index (χ0) is 32.4. The smallest absolute Gasteiger partial charge is 0.324 e. The first kappa shape index (κ1) is 40.9. The molecule has 0 amide bonds. The first-order valence-electron chi connectivity index (χ1n) is 11.7. The molecule has 0 saturated carbocycles. The molecule has 0 fully saturated rings. The largest absolute Gasteiger partial charge is 0.366 e. The van der Waals surface area contributed by atoms with E-state index in [2.05, 4.69) is 13.9 Å². The monoisotopic (exact) mass is 707 g/mol. The van der Waals surface area contributed by atoms with Gasteiger partial charge in [-0.15, -0.1) is 0 Å². The molecule has 0 aromatic carbocycles. The lowest BCUT2D eigenvalue weighted by molar-refractivity contribution is -0.419. The van der Waals surface area contributed by atoms with Crippen LogP contribution in [0.1, 0.15) is 80.1 Å². The lowest BCUT2D eigenvalue weighted by atomic mass is 10.2. The van der Waals surface area contributed by atoms with Crippen LogP contribution in [0.4, 0.5) is 0 Å². The summed E-state index contributed by atoms with van der Waals surface area (Å²) in [5, 5.41) is -1.09. The van der Waals surface area contributed by atoms with E-state index in [-0.39, 0.29) is 0 Å².